The average molecular weight is 753 g/mol. The number of ether oxygens (including phenoxy) is 8. The summed E-state index contributed by atoms with van der Waals surface area (Å²) in [6.45, 7) is 4.53. The van der Waals surface area contributed by atoms with E-state index in [0.29, 0.717) is 45.9 Å². The van der Waals surface area contributed by atoms with Crippen molar-refractivity contribution in [3.05, 3.63) is 144 Å². The van der Waals surface area contributed by atoms with Gasteiger partial charge in [0.15, 0.2) is 0 Å². The second kappa shape index (κ2) is 21.0. The molecule has 0 radical (unpaired) electrons. The first-order valence-electron chi connectivity index (χ1n) is 19.1. The second-order valence-corrected chi connectivity index (χ2v) is 14.1. The van der Waals surface area contributed by atoms with Gasteiger partial charge in [0.05, 0.1) is 51.3 Å². The Kier molecular flexibility index (Phi) is 15.4. The number of rotatable bonds is 18. The molecular formula is C45H52O10. The Labute approximate surface area is 323 Å². The smallest absolute Gasteiger partial charge is 0.302 e. The molecule has 6 rings (SSSR count). The number of carbonyl (C=O) groups is 2. The van der Waals surface area contributed by atoms with E-state index in [4.69, 9.17) is 37.9 Å². The molecule has 0 bridgehead atoms. The molecule has 10 heteroatoms. The zero-order valence-electron chi connectivity index (χ0n) is 31.6. The molecule has 0 spiro atoms. The van der Waals surface area contributed by atoms with Crippen LogP contribution in [0.2, 0.25) is 0 Å². The van der Waals surface area contributed by atoms with Crippen LogP contribution in [0.25, 0.3) is 0 Å². The number of carbonyl (C=O) groups excluding carboxylic acids is 2. The van der Waals surface area contributed by atoms with Crippen LogP contribution in [0.1, 0.15) is 48.9 Å². The molecule has 4 aromatic carbocycles. The molecule has 0 aromatic heterocycles. The molecule has 2 fully saturated rings. The fourth-order valence-electron chi connectivity index (χ4n) is 7.17. The van der Waals surface area contributed by atoms with Crippen molar-refractivity contribution in [2.24, 2.45) is 5.92 Å². The van der Waals surface area contributed by atoms with E-state index < -0.39 is 36.5 Å². The van der Waals surface area contributed by atoms with Gasteiger partial charge < -0.3 is 37.9 Å². The molecule has 2 aliphatic heterocycles. The molecule has 2 saturated heterocycles. The molecule has 0 amide bonds. The van der Waals surface area contributed by atoms with Crippen LogP contribution in [0.3, 0.4) is 0 Å². The van der Waals surface area contributed by atoms with Crippen LogP contribution < -0.4 is 0 Å². The lowest BCUT2D eigenvalue weighted by Gasteiger charge is -2.48. The minimum Gasteiger partial charge on any atom is -0.463 e. The fourth-order valence-corrected chi connectivity index (χ4v) is 7.17. The van der Waals surface area contributed by atoms with Crippen LogP contribution in [-0.4, -0.2) is 74.5 Å². The quantitative estimate of drug-likeness (QED) is 0.0985. The topological polar surface area (TPSA) is 108 Å². The van der Waals surface area contributed by atoms with E-state index in [9.17, 15) is 9.59 Å². The molecule has 2 aliphatic rings. The summed E-state index contributed by atoms with van der Waals surface area (Å²) >= 11 is 0. The predicted molar refractivity (Wildman–Crippen MR) is 204 cm³/mol. The summed E-state index contributed by atoms with van der Waals surface area (Å²) in [5, 5.41) is 0. The van der Waals surface area contributed by atoms with Crippen LogP contribution in [0.15, 0.2) is 121 Å². The molecule has 10 nitrogen and oxygen atoms in total. The Balaban J connectivity index is 1.33. The third-order valence-corrected chi connectivity index (χ3v) is 9.94. The van der Waals surface area contributed by atoms with Gasteiger partial charge in [-0.25, -0.2) is 0 Å². The minimum absolute atomic E-state index is 0.0291. The van der Waals surface area contributed by atoms with E-state index in [0.717, 1.165) is 22.3 Å². The lowest BCUT2D eigenvalue weighted by Crippen LogP contribution is -2.62. The lowest BCUT2D eigenvalue weighted by molar-refractivity contribution is -0.276. The fraction of sp³-hybridized carbons (Fsp3) is 0.422. The summed E-state index contributed by atoms with van der Waals surface area (Å²) in [7, 11) is 0. The molecule has 292 valence electrons. The van der Waals surface area contributed by atoms with Gasteiger partial charge in [-0.3, -0.25) is 9.59 Å². The van der Waals surface area contributed by atoms with Crippen LogP contribution >= 0.6 is 0 Å². The van der Waals surface area contributed by atoms with Crippen molar-refractivity contribution in [2.75, 3.05) is 19.8 Å². The highest BCUT2D eigenvalue weighted by molar-refractivity contribution is 5.66. The van der Waals surface area contributed by atoms with E-state index in [1.165, 1.54) is 13.8 Å². The Hall–Kier alpha value is -4.42. The van der Waals surface area contributed by atoms with Gasteiger partial charge in [0.2, 0.25) is 0 Å². The van der Waals surface area contributed by atoms with Gasteiger partial charge in [0.25, 0.3) is 0 Å². The summed E-state index contributed by atoms with van der Waals surface area (Å²) in [6.07, 6.45) is -2.59. The molecule has 2 heterocycles. The van der Waals surface area contributed by atoms with Crippen molar-refractivity contribution >= 4 is 11.9 Å². The maximum Gasteiger partial charge on any atom is 0.302 e. The first kappa shape index (κ1) is 40.2. The maximum absolute atomic E-state index is 12.2. The van der Waals surface area contributed by atoms with Gasteiger partial charge in [-0.05, 0) is 41.0 Å². The normalized spacial score (nSPS) is 25.2. The van der Waals surface area contributed by atoms with Gasteiger partial charge in [-0.15, -0.1) is 0 Å². The van der Waals surface area contributed by atoms with E-state index >= 15 is 0 Å². The Morgan fingerprint density at radius 2 is 0.964 bits per heavy atom. The summed E-state index contributed by atoms with van der Waals surface area (Å²) in [4.78, 5) is 24.0. The first-order chi connectivity index (χ1) is 26.9. The van der Waals surface area contributed by atoms with Gasteiger partial charge >= 0.3 is 11.9 Å². The van der Waals surface area contributed by atoms with E-state index in [1.807, 2.05) is 121 Å². The molecule has 0 aliphatic carbocycles. The molecule has 8 unspecified atom stereocenters. The van der Waals surface area contributed by atoms with E-state index in [2.05, 4.69) is 0 Å². The van der Waals surface area contributed by atoms with Crippen LogP contribution in [-0.2, 0) is 73.9 Å². The monoisotopic (exact) mass is 752 g/mol. The van der Waals surface area contributed by atoms with Gasteiger partial charge in [-0.1, -0.05) is 121 Å². The Bertz CT molecular complexity index is 1710. The summed E-state index contributed by atoms with van der Waals surface area (Å²) in [6, 6.07) is 39.9. The molecule has 55 heavy (non-hydrogen) atoms. The summed E-state index contributed by atoms with van der Waals surface area (Å²) < 4.78 is 51.2. The van der Waals surface area contributed by atoms with Crippen molar-refractivity contribution in [2.45, 2.75) is 95.8 Å². The van der Waals surface area contributed by atoms with Crippen molar-refractivity contribution < 1.29 is 47.5 Å². The van der Waals surface area contributed by atoms with Crippen LogP contribution in [0.4, 0.5) is 0 Å². The highest BCUT2D eigenvalue weighted by Crippen LogP contribution is 2.37. The Morgan fingerprint density at radius 1 is 0.545 bits per heavy atom. The highest BCUT2D eigenvalue weighted by atomic mass is 16.6. The van der Waals surface area contributed by atoms with Crippen molar-refractivity contribution in [1.82, 2.24) is 0 Å². The molecular weight excluding hydrogens is 700 g/mol. The van der Waals surface area contributed by atoms with Gasteiger partial charge in [-0.2, -0.15) is 0 Å². The Morgan fingerprint density at radius 3 is 1.44 bits per heavy atom. The largest absolute Gasteiger partial charge is 0.463 e. The standard InChI is InChI=1S/C45H52O10/c1-32(46)48-29-39-23-38(41(30-50-39)51-25-34-15-7-3-8-16-34)24-40-43(52-26-35-17-9-4-10-18-35)45(54-28-37-21-13-6-14-22-37)44(42(55-40)31-49-33(2)47)53-27-36-19-11-5-12-20-36/h3-22,38-45H,23-31H2,1-2H3. The highest BCUT2D eigenvalue weighted by Gasteiger charge is 2.50. The number of benzene rings is 4. The number of hydrogen-bond acceptors (Lipinski definition) is 10. The molecule has 0 saturated carbocycles. The van der Waals surface area contributed by atoms with E-state index in [1.54, 1.807) is 0 Å². The number of hydrogen-bond donors (Lipinski definition) is 0. The van der Waals surface area contributed by atoms with Crippen molar-refractivity contribution in [3.8, 4) is 0 Å². The van der Waals surface area contributed by atoms with E-state index in [-0.39, 0.29) is 37.3 Å². The zero-order chi connectivity index (χ0) is 38.2. The zero-order valence-corrected chi connectivity index (χ0v) is 31.6. The molecule has 0 N–H and O–H groups in total. The van der Waals surface area contributed by atoms with Crippen LogP contribution in [0, 0.1) is 5.92 Å². The lowest BCUT2D eigenvalue weighted by atomic mass is 9.83. The average Bonchev–Trinajstić information content (AvgIpc) is 3.21. The molecule has 8 atom stereocenters. The third-order valence-electron chi connectivity index (χ3n) is 9.94. The number of esters is 2. The first-order valence-corrected chi connectivity index (χ1v) is 19.1. The summed E-state index contributed by atoms with van der Waals surface area (Å²) in [5.74, 6) is -0.851. The second-order valence-electron chi connectivity index (χ2n) is 14.1. The summed E-state index contributed by atoms with van der Waals surface area (Å²) in [5.41, 5.74) is 4.04. The molecule has 4 aromatic rings. The third kappa shape index (κ3) is 12.5. The predicted octanol–water partition coefficient (Wildman–Crippen LogP) is 7.02. The minimum atomic E-state index is -0.671. The van der Waals surface area contributed by atoms with Gasteiger partial charge in [0, 0.05) is 13.8 Å². The van der Waals surface area contributed by atoms with Crippen LogP contribution in [0.5, 0.6) is 0 Å². The SMILES string of the molecule is CC(=O)OCC1CC(CC2OC(COC(C)=O)C(OCc3ccccc3)C(OCc3ccccc3)C2OCc2ccccc2)C(OCc2ccccc2)CO1. The van der Waals surface area contributed by atoms with Crippen molar-refractivity contribution in [1.29, 1.82) is 0 Å². The van der Waals surface area contributed by atoms with Gasteiger partial charge in [0.1, 0.15) is 37.6 Å². The maximum atomic E-state index is 12.2. The van der Waals surface area contributed by atoms with Crippen molar-refractivity contribution in [3.63, 3.8) is 0 Å².